The van der Waals surface area contributed by atoms with Gasteiger partial charge in [0.2, 0.25) is 15.9 Å². The van der Waals surface area contributed by atoms with Crippen LogP contribution in [0.1, 0.15) is 65.2 Å². The number of amides is 1. The average Bonchev–Trinajstić information content (AvgIpc) is 3.23. The van der Waals surface area contributed by atoms with Crippen LogP contribution in [-0.4, -0.2) is 50.1 Å². The van der Waals surface area contributed by atoms with Crippen LogP contribution in [0.2, 0.25) is 0 Å². The van der Waals surface area contributed by atoms with Gasteiger partial charge in [-0.2, -0.15) is 4.72 Å². The van der Waals surface area contributed by atoms with Gasteiger partial charge in [-0.05, 0) is 90.7 Å². The van der Waals surface area contributed by atoms with Crippen molar-refractivity contribution >= 4 is 32.4 Å². The summed E-state index contributed by atoms with van der Waals surface area (Å²) in [6, 6.07) is 45.0. The number of likely N-dealkylation sites (N-methyl/N-ethyl adjacent to an activating group) is 1. The van der Waals surface area contributed by atoms with Gasteiger partial charge in [0.1, 0.15) is 6.04 Å². The van der Waals surface area contributed by atoms with E-state index in [2.05, 4.69) is 71.4 Å². The Kier molecular flexibility index (Phi) is 12.6. The number of nitrogens with zero attached hydrogens (tertiary/aromatic N) is 1. The minimum absolute atomic E-state index is 0.0356. The van der Waals surface area contributed by atoms with Gasteiger partial charge in [-0.1, -0.05) is 121 Å². The van der Waals surface area contributed by atoms with Crippen molar-refractivity contribution in [3.63, 3.8) is 0 Å². The molecule has 7 rings (SSSR count). The van der Waals surface area contributed by atoms with Gasteiger partial charge in [0.25, 0.3) is 0 Å². The number of nitrogens with one attached hydrogen (secondary N) is 2. The highest BCUT2D eigenvalue weighted by Gasteiger charge is 2.34. The lowest BCUT2D eigenvalue weighted by Gasteiger charge is -2.39. The second kappa shape index (κ2) is 17.9. The van der Waals surface area contributed by atoms with Gasteiger partial charge in [-0.15, -0.1) is 0 Å². The number of hydrogen-bond acceptors (Lipinski definition) is 7. The number of aryl methyl sites for hydroxylation is 1. The largest absolute Gasteiger partial charge is 0.392 e. The topological polar surface area (TPSA) is 117 Å². The molecule has 6 aromatic carbocycles. The highest BCUT2D eigenvalue weighted by molar-refractivity contribution is 7.89. The predicted octanol–water partition coefficient (Wildman–Crippen LogP) is 8.41. The first-order valence-corrected chi connectivity index (χ1v) is 20.8. The summed E-state index contributed by atoms with van der Waals surface area (Å²) in [6.45, 7) is 4.71. The summed E-state index contributed by atoms with van der Waals surface area (Å²) < 4.78 is 42.7. The van der Waals surface area contributed by atoms with Gasteiger partial charge in [0, 0.05) is 30.3 Å². The van der Waals surface area contributed by atoms with Crippen molar-refractivity contribution in [2.75, 3.05) is 18.9 Å². The average molecular weight is 784 g/mol. The van der Waals surface area contributed by atoms with E-state index in [1.54, 1.807) is 24.3 Å². The molecule has 0 saturated carbocycles. The molecule has 0 aliphatic carbocycles. The minimum atomic E-state index is -3.99. The molecular weight excluding hydrogens is 735 g/mol. The first kappa shape index (κ1) is 40.0. The molecule has 6 aromatic rings. The van der Waals surface area contributed by atoms with Crippen LogP contribution in [0.15, 0.2) is 150 Å². The lowest BCUT2D eigenvalue weighted by atomic mass is 9.98. The van der Waals surface area contributed by atoms with Crippen LogP contribution in [0.4, 0.5) is 5.69 Å². The number of rotatable bonds is 14. The van der Waals surface area contributed by atoms with Crippen molar-refractivity contribution in [2.24, 2.45) is 0 Å². The van der Waals surface area contributed by atoms with Crippen molar-refractivity contribution in [1.82, 2.24) is 9.62 Å². The number of ether oxygens (including phenoxy) is 2. The number of aliphatic hydroxyl groups is 1. The monoisotopic (exact) mass is 783 g/mol. The van der Waals surface area contributed by atoms with Gasteiger partial charge in [-0.25, -0.2) is 8.42 Å². The van der Waals surface area contributed by atoms with Crippen LogP contribution >= 0.6 is 0 Å². The molecule has 9 nitrogen and oxygen atoms in total. The normalized spacial score (nSPS) is 18.3. The first-order chi connectivity index (χ1) is 27.5. The number of carbonyl (C=O) groups is 1. The zero-order valence-electron chi connectivity index (χ0n) is 32.4. The second-order valence-electron chi connectivity index (χ2n) is 14.9. The summed E-state index contributed by atoms with van der Waals surface area (Å²) in [7, 11) is -1.88. The molecule has 0 spiro atoms. The summed E-state index contributed by atoms with van der Waals surface area (Å²) in [5, 5.41) is 15.0. The Bertz CT molecular complexity index is 2370. The maximum Gasteiger partial charge on any atom is 0.242 e. The predicted molar refractivity (Wildman–Crippen MR) is 224 cm³/mol. The molecule has 3 N–H and O–H groups in total. The summed E-state index contributed by atoms with van der Waals surface area (Å²) >= 11 is 0. The number of sulfonamides is 1. The number of aliphatic hydroxyl groups excluding tert-OH is 1. The third-order valence-electron chi connectivity index (χ3n) is 10.7. The van der Waals surface area contributed by atoms with Crippen molar-refractivity contribution in [1.29, 1.82) is 0 Å². The molecule has 10 heteroatoms. The number of hydrogen-bond donors (Lipinski definition) is 3. The van der Waals surface area contributed by atoms with Gasteiger partial charge in [0.05, 0.1) is 23.7 Å². The smallest absolute Gasteiger partial charge is 0.242 e. The Morgan fingerprint density at radius 1 is 0.789 bits per heavy atom. The van der Waals surface area contributed by atoms with Gasteiger partial charge >= 0.3 is 0 Å². The SMILES string of the molecule is Cc1ccc(S(=O)(=O)N[C@H](Cc2ccccc2)C(=O)Nc2ccc([C@@H]3O[C@H](CN(C)[C@H](C)c4ccc5ccccc5c4)C[C@H](c4ccc(CO)cc4)O3)cc2)cc1. The van der Waals surface area contributed by atoms with Crippen molar-refractivity contribution in [3.8, 4) is 0 Å². The Balaban J connectivity index is 1.08. The van der Waals surface area contributed by atoms with Gasteiger partial charge < -0.3 is 19.9 Å². The summed E-state index contributed by atoms with van der Waals surface area (Å²) in [5.41, 5.74) is 6.08. The van der Waals surface area contributed by atoms with Crippen LogP contribution in [0.3, 0.4) is 0 Å². The second-order valence-corrected chi connectivity index (χ2v) is 16.6. The van der Waals surface area contributed by atoms with Crippen molar-refractivity contribution in [2.45, 2.75) is 68.8 Å². The molecule has 294 valence electrons. The Hall–Kier alpha value is -5.20. The number of anilines is 1. The lowest BCUT2D eigenvalue weighted by Crippen LogP contribution is -2.45. The maximum atomic E-state index is 13.8. The Morgan fingerprint density at radius 3 is 2.16 bits per heavy atom. The van der Waals surface area contributed by atoms with Crippen molar-refractivity contribution in [3.05, 3.63) is 179 Å². The Morgan fingerprint density at radius 2 is 1.46 bits per heavy atom. The highest BCUT2D eigenvalue weighted by atomic mass is 32.2. The van der Waals surface area contributed by atoms with Crippen LogP contribution in [0.5, 0.6) is 0 Å². The molecule has 0 aromatic heterocycles. The molecule has 0 unspecified atom stereocenters. The minimum Gasteiger partial charge on any atom is -0.392 e. The Labute approximate surface area is 335 Å². The molecule has 1 aliphatic heterocycles. The number of fused-ring (bicyclic) bond motifs is 1. The molecule has 57 heavy (non-hydrogen) atoms. The molecule has 1 amide bonds. The van der Waals surface area contributed by atoms with Crippen LogP contribution in [0.25, 0.3) is 10.8 Å². The zero-order chi connectivity index (χ0) is 39.9. The van der Waals surface area contributed by atoms with Gasteiger partial charge in [0.15, 0.2) is 6.29 Å². The fraction of sp³-hybridized carbons (Fsp3) is 0.255. The third-order valence-corrected chi connectivity index (χ3v) is 12.2. The summed E-state index contributed by atoms with van der Waals surface area (Å²) in [5.74, 6) is -0.484. The van der Waals surface area contributed by atoms with E-state index in [1.807, 2.05) is 73.7 Å². The fourth-order valence-corrected chi connectivity index (χ4v) is 8.39. The lowest BCUT2D eigenvalue weighted by molar-refractivity contribution is -0.253. The standard InChI is InChI=1S/C47H49N3O6S/c1-32-13-25-43(26-14-32)57(53,54)49-44(27-34-9-5-4-6-10-34)46(52)48-41-23-21-38(22-24-41)47-55-42(29-45(56-47)37-17-15-35(31-51)16-18-37)30-50(3)33(2)39-20-19-36-11-7-8-12-40(36)28-39/h4-26,28,33,42,44-45,47,49,51H,27,29-31H2,1-3H3,(H,48,52)/t33-,42+,44-,45-,47-/m1/s1. The highest BCUT2D eigenvalue weighted by Crippen LogP contribution is 2.39. The van der Waals surface area contributed by atoms with Crippen LogP contribution in [0, 0.1) is 6.92 Å². The zero-order valence-corrected chi connectivity index (χ0v) is 33.2. The third kappa shape index (κ3) is 10.0. The quantitative estimate of drug-likeness (QED) is 0.102. The number of benzene rings is 6. The first-order valence-electron chi connectivity index (χ1n) is 19.3. The summed E-state index contributed by atoms with van der Waals surface area (Å²) in [4.78, 5) is 16.2. The molecule has 0 bridgehead atoms. The van der Waals surface area contributed by atoms with E-state index < -0.39 is 28.3 Å². The van der Waals surface area contributed by atoms with E-state index in [9.17, 15) is 18.3 Å². The van der Waals surface area contributed by atoms with E-state index in [0.29, 0.717) is 18.7 Å². The van der Waals surface area contributed by atoms with E-state index in [4.69, 9.17) is 9.47 Å². The van der Waals surface area contributed by atoms with Gasteiger partial charge in [-0.3, -0.25) is 9.69 Å². The van der Waals surface area contributed by atoms with Crippen molar-refractivity contribution < 1.29 is 27.8 Å². The molecule has 1 saturated heterocycles. The number of carbonyl (C=O) groups excluding carboxylic acids is 1. The molecular formula is C47H49N3O6S. The maximum absolute atomic E-state index is 13.8. The molecule has 0 radical (unpaired) electrons. The molecule has 1 heterocycles. The van der Waals surface area contributed by atoms with E-state index in [0.717, 1.165) is 27.8 Å². The van der Waals surface area contributed by atoms with E-state index >= 15 is 0 Å². The summed E-state index contributed by atoms with van der Waals surface area (Å²) in [6.07, 6.45) is -0.314. The van der Waals surface area contributed by atoms with Crippen LogP contribution < -0.4 is 10.0 Å². The molecule has 1 aliphatic rings. The molecule has 1 fully saturated rings. The van der Waals surface area contributed by atoms with Crippen LogP contribution in [-0.2, 0) is 37.3 Å². The molecule has 5 atom stereocenters. The van der Waals surface area contributed by atoms with E-state index in [-0.39, 0.29) is 36.2 Å². The van der Waals surface area contributed by atoms with E-state index in [1.165, 1.54) is 28.5 Å². The fourth-order valence-electron chi connectivity index (χ4n) is 7.20.